The number of rotatable bonds is 23. The highest BCUT2D eigenvalue weighted by molar-refractivity contribution is 6.95. The van der Waals surface area contributed by atoms with Crippen LogP contribution in [0.4, 0.5) is 0 Å². The number of hydrogen-bond donors (Lipinski definition) is 3. The van der Waals surface area contributed by atoms with Gasteiger partial charge in [-0.25, -0.2) is 0 Å². The summed E-state index contributed by atoms with van der Waals surface area (Å²) in [5.74, 6) is -3.22. The zero-order valence-electron chi connectivity index (χ0n) is 31.6. The second-order valence-electron chi connectivity index (χ2n) is 13.7. The molecule has 0 radical (unpaired) electrons. The summed E-state index contributed by atoms with van der Waals surface area (Å²) in [4.78, 5) is 82.5. The highest BCUT2D eigenvalue weighted by Gasteiger charge is 2.49. The molecular formula is C33H56O15Si4. The summed E-state index contributed by atoms with van der Waals surface area (Å²) in [6.07, 6.45) is 5.88. The van der Waals surface area contributed by atoms with Gasteiger partial charge in [0, 0.05) is 6.42 Å². The maximum Gasteiger partial charge on any atom is 0.373 e. The van der Waals surface area contributed by atoms with Crippen molar-refractivity contribution in [3.63, 3.8) is 0 Å². The van der Waals surface area contributed by atoms with Crippen LogP contribution in [-0.4, -0.2) is 85.4 Å². The molecule has 0 aliphatic heterocycles. The second kappa shape index (κ2) is 28.1. The molecule has 1 aromatic rings. The summed E-state index contributed by atoms with van der Waals surface area (Å²) >= 11 is 0. The quantitative estimate of drug-likeness (QED) is 0.0927. The molecule has 0 amide bonds. The van der Waals surface area contributed by atoms with Crippen LogP contribution < -0.4 is 5.19 Å². The molecule has 3 N–H and O–H groups in total. The molecule has 0 heterocycles. The fraction of sp³-hybridized carbons (Fsp3) is 0.636. The third kappa shape index (κ3) is 27.2. The Morgan fingerprint density at radius 2 is 1.00 bits per heavy atom. The Labute approximate surface area is 310 Å². The van der Waals surface area contributed by atoms with E-state index in [4.69, 9.17) is 46.2 Å². The molecule has 294 valence electrons. The van der Waals surface area contributed by atoms with Gasteiger partial charge >= 0.3 is 53.5 Å². The van der Waals surface area contributed by atoms with E-state index in [9.17, 15) is 24.6 Å². The topological polar surface area (TPSA) is 242 Å². The minimum atomic E-state index is -3.01. The lowest BCUT2D eigenvalue weighted by Gasteiger charge is -2.44. The zero-order chi connectivity index (χ0) is 41.0. The number of carbonyl (C=O) groups excluding carboxylic acids is 6. The van der Waals surface area contributed by atoms with Crippen molar-refractivity contribution in [2.45, 2.75) is 123 Å². The molecular weight excluding hydrogens is 749 g/mol. The summed E-state index contributed by atoms with van der Waals surface area (Å²) < 4.78 is 21.4. The predicted molar refractivity (Wildman–Crippen MR) is 195 cm³/mol. The smallest absolute Gasteiger partial charge is 0.373 e. The number of aliphatic carboxylic acids is 3. The second-order valence-corrected chi connectivity index (χ2v) is 29.5. The van der Waals surface area contributed by atoms with E-state index in [1.54, 1.807) is 13.8 Å². The lowest BCUT2D eigenvalue weighted by atomic mass is 10.1. The summed E-state index contributed by atoms with van der Waals surface area (Å²) in [6.45, 7) is 16.3. The van der Waals surface area contributed by atoms with E-state index in [1.807, 2.05) is 18.2 Å². The maximum atomic E-state index is 11.5. The number of benzene rings is 1. The van der Waals surface area contributed by atoms with E-state index in [1.165, 1.54) is 0 Å². The molecule has 0 aliphatic rings. The average molecular weight is 805 g/mol. The van der Waals surface area contributed by atoms with Crippen molar-refractivity contribution >= 4 is 75.3 Å². The molecule has 19 heteroatoms. The lowest BCUT2D eigenvalue weighted by molar-refractivity contribution is -0.193. The fourth-order valence-corrected chi connectivity index (χ4v) is 25.1. The van der Waals surface area contributed by atoms with Crippen molar-refractivity contribution in [3.05, 3.63) is 30.3 Å². The number of unbranched alkanes of at least 4 members (excludes halogenated alkanes) is 2. The summed E-state index contributed by atoms with van der Waals surface area (Å²) in [5.41, 5.74) is 0. The molecule has 0 aromatic heterocycles. The molecule has 0 fully saturated rings. The van der Waals surface area contributed by atoms with Crippen molar-refractivity contribution in [1.29, 1.82) is 0 Å². The molecule has 4 unspecified atom stereocenters. The first-order chi connectivity index (χ1) is 24.0. The van der Waals surface area contributed by atoms with Crippen LogP contribution in [0.25, 0.3) is 0 Å². The minimum absolute atomic E-state index is 0.180. The predicted octanol–water partition coefficient (Wildman–Crippen LogP) is 5.39. The third-order valence-electron chi connectivity index (χ3n) is 7.87. The first kappa shape index (κ1) is 52.9. The Hall–Kier alpha value is -3.48. The van der Waals surface area contributed by atoms with Crippen LogP contribution in [0.2, 0.25) is 57.4 Å². The first-order valence-corrected chi connectivity index (χ1v) is 27.9. The molecule has 15 nitrogen and oxygen atoms in total. The van der Waals surface area contributed by atoms with Crippen LogP contribution in [0.3, 0.4) is 0 Å². The Balaban J connectivity index is -0.00000240. The summed E-state index contributed by atoms with van der Waals surface area (Å²) in [7, 11) is -10.4. The third-order valence-corrected chi connectivity index (χ3v) is 24.6. The number of hydrogen-bond acceptors (Lipinski definition) is 12. The van der Waals surface area contributed by atoms with E-state index < -0.39 is 63.5 Å². The molecule has 1 aromatic carbocycles. The van der Waals surface area contributed by atoms with E-state index in [-0.39, 0.29) is 24.9 Å². The van der Waals surface area contributed by atoms with Crippen LogP contribution in [-0.2, 0) is 55.5 Å². The lowest BCUT2D eigenvalue weighted by Crippen LogP contribution is -2.64. The van der Waals surface area contributed by atoms with Gasteiger partial charge < -0.3 is 27.7 Å². The average Bonchev–Trinajstić information content (AvgIpc) is 3.01. The highest BCUT2D eigenvalue weighted by Crippen LogP contribution is 2.32. The highest BCUT2D eigenvalue weighted by atomic mass is 28.5. The molecule has 4 atom stereocenters. The van der Waals surface area contributed by atoms with Gasteiger partial charge in [-0.15, -0.1) is 0 Å². The summed E-state index contributed by atoms with van der Waals surface area (Å²) in [6, 6.07) is 12.4. The van der Waals surface area contributed by atoms with Gasteiger partial charge in [0.2, 0.25) is 0 Å². The van der Waals surface area contributed by atoms with E-state index in [0.29, 0.717) is 31.7 Å². The SMILES string of the molecule is CC(CCC[Si](C)(C)O[Si](C)(CCCC(C)C(=O)O)O[Si](C)(O[Si](C)(C)CCCCCC(=O)O)c1ccccc1)C(=O)O.O=C=O.O=C=O.O=C=O. The van der Waals surface area contributed by atoms with Crippen LogP contribution >= 0.6 is 0 Å². The Bertz CT molecular complexity index is 1260. The first-order valence-electron chi connectivity index (χ1n) is 16.9. The molecule has 0 spiro atoms. The summed E-state index contributed by atoms with van der Waals surface area (Å²) in [5, 5.41) is 28.7. The van der Waals surface area contributed by atoms with Crippen molar-refractivity contribution in [3.8, 4) is 0 Å². The van der Waals surface area contributed by atoms with Crippen molar-refractivity contribution in [1.82, 2.24) is 0 Å². The molecule has 0 saturated heterocycles. The minimum Gasteiger partial charge on any atom is -0.481 e. The molecule has 52 heavy (non-hydrogen) atoms. The largest absolute Gasteiger partial charge is 0.481 e. The van der Waals surface area contributed by atoms with E-state index >= 15 is 0 Å². The van der Waals surface area contributed by atoms with E-state index in [0.717, 1.165) is 36.5 Å². The van der Waals surface area contributed by atoms with Gasteiger partial charge in [-0.05, 0) is 81.9 Å². The van der Waals surface area contributed by atoms with Crippen molar-refractivity contribution in [2.24, 2.45) is 11.8 Å². The van der Waals surface area contributed by atoms with Crippen LogP contribution in [0.15, 0.2) is 30.3 Å². The Morgan fingerprint density at radius 3 is 1.42 bits per heavy atom. The van der Waals surface area contributed by atoms with Crippen LogP contribution in [0, 0.1) is 11.8 Å². The van der Waals surface area contributed by atoms with Gasteiger partial charge in [-0.1, -0.05) is 69.9 Å². The van der Waals surface area contributed by atoms with E-state index in [2.05, 4.69) is 51.4 Å². The number of carbonyl (C=O) groups is 3. The Kier molecular flexibility index (Phi) is 28.5. The Morgan fingerprint density at radius 1 is 0.596 bits per heavy atom. The molecule has 0 bridgehead atoms. The van der Waals surface area contributed by atoms with Gasteiger partial charge in [0.05, 0.1) is 11.8 Å². The van der Waals surface area contributed by atoms with Crippen molar-refractivity contribution in [2.75, 3.05) is 0 Å². The monoisotopic (exact) mass is 804 g/mol. The van der Waals surface area contributed by atoms with Gasteiger partial charge in [-0.2, -0.15) is 28.8 Å². The van der Waals surface area contributed by atoms with Crippen LogP contribution in [0.1, 0.15) is 65.2 Å². The van der Waals surface area contributed by atoms with Gasteiger partial charge in [0.15, 0.2) is 16.6 Å². The molecule has 1 rings (SSSR count). The standard InChI is InChI=1S/C30H56O9Si4.3CO2/c1-25(29(33)34)17-15-23-40(3,4)37-42(7,24-16-18-26(2)30(35)36)39-43(8,27-19-11-9-12-20-27)38-41(5,6)22-14-10-13-21-28(31)32;3*2-1-3/h9,11-12,19-20,25-26H,10,13-18,21-24H2,1-8H3,(H,31,32)(H,33,34)(H,35,36);;;. The molecule has 0 saturated carbocycles. The van der Waals surface area contributed by atoms with Gasteiger partial charge in [0.25, 0.3) is 0 Å². The number of carboxylic acids is 3. The maximum absolute atomic E-state index is 11.5. The fourth-order valence-electron chi connectivity index (χ4n) is 5.44. The van der Waals surface area contributed by atoms with Crippen molar-refractivity contribution < 1.29 is 70.8 Å². The van der Waals surface area contributed by atoms with Gasteiger partial charge in [-0.3, -0.25) is 14.4 Å². The number of carboxylic acid groups (broad SMARTS) is 3. The zero-order valence-corrected chi connectivity index (χ0v) is 35.6. The molecule has 0 aliphatic carbocycles. The van der Waals surface area contributed by atoms with Crippen LogP contribution in [0.5, 0.6) is 0 Å². The van der Waals surface area contributed by atoms with Gasteiger partial charge in [0.1, 0.15) is 0 Å². The normalized spacial score (nSPS) is 14.2.